The zero-order chi connectivity index (χ0) is 14.0. The number of hydrogen-bond acceptors (Lipinski definition) is 3. The summed E-state index contributed by atoms with van der Waals surface area (Å²) in [6.45, 7) is 4.30. The molecule has 3 unspecified atom stereocenters. The Balaban J connectivity index is 2.13. The third-order valence-corrected chi connectivity index (χ3v) is 5.73. The summed E-state index contributed by atoms with van der Waals surface area (Å²) in [5, 5.41) is 2.98. The summed E-state index contributed by atoms with van der Waals surface area (Å²) in [6.07, 6.45) is 2.02. The van der Waals surface area contributed by atoms with Gasteiger partial charge < -0.3 is 5.32 Å². The lowest BCUT2D eigenvalue weighted by Crippen LogP contribution is -2.37. The SMILES string of the molecule is CNc1ccc(S(=O)(=O)NC2CCC(C)C2C)cc1. The van der Waals surface area contributed by atoms with Crippen LogP contribution in [0, 0.1) is 11.8 Å². The van der Waals surface area contributed by atoms with Crippen molar-refractivity contribution in [2.45, 2.75) is 37.6 Å². The first-order valence-corrected chi connectivity index (χ1v) is 8.22. The third-order valence-electron chi connectivity index (χ3n) is 4.23. The molecule has 1 fully saturated rings. The fraction of sp³-hybridized carbons (Fsp3) is 0.571. The van der Waals surface area contributed by atoms with Gasteiger partial charge in [0, 0.05) is 18.8 Å². The topological polar surface area (TPSA) is 58.2 Å². The maximum absolute atomic E-state index is 12.3. The molecule has 0 spiro atoms. The Bertz CT molecular complexity index is 525. The first kappa shape index (κ1) is 14.3. The van der Waals surface area contributed by atoms with Crippen LogP contribution in [-0.2, 0) is 10.0 Å². The Morgan fingerprint density at radius 2 is 1.74 bits per heavy atom. The van der Waals surface area contributed by atoms with E-state index in [-0.39, 0.29) is 6.04 Å². The summed E-state index contributed by atoms with van der Waals surface area (Å²) in [6, 6.07) is 6.88. The Morgan fingerprint density at radius 1 is 1.11 bits per heavy atom. The molecule has 0 bridgehead atoms. The molecule has 1 aliphatic carbocycles. The minimum atomic E-state index is -3.40. The predicted molar refractivity (Wildman–Crippen MR) is 77.7 cm³/mol. The molecule has 0 amide bonds. The lowest BCUT2D eigenvalue weighted by molar-refractivity contribution is 0.402. The Kier molecular flexibility index (Phi) is 4.16. The van der Waals surface area contributed by atoms with Crippen LogP contribution in [0.2, 0.25) is 0 Å². The monoisotopic (exact) mass is 282 g/mol. The second-order valence-corrected chi connectivity index (χ2v) is 7.13. The predicted octanol–water partition coefficient (Wildman–Crippen LogP) is 2.44. The number of sulfonamides is 1. The second kappa shape index (κ2) is 5.51. The second-order valence-electron chi connectivity index (χ2n) is 5.42. The van der Waals surface area contributed by atoms with E-state index in [0.717, 1.165) is 18.5 Å². The molecule has 0 radical (unpaired) electrons. The van der Waals surface area contributed by atoms with Gasteiger partial charge in [-0.2, -0.15) is 0 Å². The normalized spacial score (nSPS) is 27.4. The van der Waals surface area contributed by atoms with Crippen LogP contribution in [0.5, 0.6) is 0 Å². The van der Waals surface area contributed by atoms with Gasteiger partial charge in [0.2, 0.25) is 10.0 Å². The van der Waals surface area contributed by atoms with E-state index < -0.39 is 10.0 Å². The molecule has 3 atom stereocenters. The van der Waals surface area contributed by atoms with Crippen molar-refractivity contribution in [3.8, 4) is 0 Å². The van der Waals surface area contributed by atoms with Crippen LogP contribution in [0.3, 0.4) is 0 Å². The minimum Gasteiger partial charge on any atom is -0.388 e. The van der Waals surface area contributed by atoms with Crippen molar-refractivity contribution in [3.63, 3.8) is 0 Å². The Hall–Kier alpha value is -1.07. The van der Waals surface area contributed by atoms with E-state index in [4.69, 9.17) is 0 Å². The van der Waals surface area contributed by atoms with E-state index in [2.05, 4.69) is 23.9 Å². The van der Waals surface area contributed by atoms with E-state index in [1.165, 1.54) is 0 Å². The van der Waals surface area contributed by atoms with E-state index in [1.807, 2.05) is 7.05 Å². The quantitative estimate of drug-likeness (QED) is 0.892. The van der Waals surface area contributed by atoms with E-state index >= 15 is 0 Å². The summed E-state index contributed by atoms with van der Waals surface area (Å²) < 4.78 is 27.5. The maximum atomic E-state index is 12.3. The Labute approximate surface area is 115 Å². The lowest BCUT2D eigenvalue weighted by Gasteiger charge is -2.19. The fourth-order valence-corrected chi connectivity index (χ4v) is 3.96. The molecule has 0 aliphatic heterocycles. The van der Waals surface area contributed by atoms with Crippen molar-refractivity contribution in [2.24, 2.45) is 11.8 Å². The van der Waals surface area contributed by atoms with E-state index in [0.29, 0.717) is 16.7 Å². The van der Waals surface area contributed by atoms with Gasteiger partial charge in [-0.1, -0.05) is 13.8 Å². The molecule has 106 valence electrons. The molecule has 1 aromatic rings. The van der Waals surface area contributed by atoms with Gasteiger partial charge in [-0.25, -0.2) is 13.1 Å². The molecule has 1 aromatic carbocycles. The highest BCUT2D eigenvalue weighted by atomic mass is 32.2. The van der Waals surface area contributed by atoms with Crippen molar-refractivity contribution < 1.29 is 8.42 Å². The van der Waals surface area contributed by atoms with Crippen LogP contribution < -0.4 is 10.0 Å². The zero-order valence-corrected chi connectivity index (χ0v) is 12.5. The highest BCUT2D eigenvalue weighted by molar-refractivity contribution is 7.89. The van der Waals surface area contributed by atoms with Gasteiger partial charge in [0.1, 0.15) is 0 Å². The van der Waals surface area contributed by atoms with Gasteiger partial charge in [0.05, 0.1) is 4.90 Å². The molecule has 0 heterocycles. The third kappa shape index (κ3) is 3.09. The Morgan fingerprint density at radius 3 is 2.21 bits per heavy atom. The summed E-state index contributed by atoms with van der Waals surface area (Å²) in [5.74, 6) is 0.978. The summed E-state index contributed by atoms with van der Waals surface area (Å²) in [7, 11) is -1.59. The number of nitrogens with one attached hydrogen (secondary N) is 2. The van der Waals surface area contributed by atoms with Crippen LogP contribution in [0.25, 0.3) is 0 Å². The molecule has 1 aliphatic rings. The van der Waals surface area contributed by atoms with Crippen molar-refractivity contribution in [2.75, 3.05) is 12.4 Å². The molecule has 4 nitrogen and oxygen atoms in total. The van der Waals surface area contributed by atoms with Gasteiger partial charge in [-0.15, -0.1) is 0 Å². The fourth-order valence-electron chi connectivity index (χ4n) is 2.60. The first-order valence-electron chi connectivity index (χ1n) is 6.74. The molecular formula is C14H22N2O2S. The van der Waals surface area contributed by atoms with E-state index in [9.17, 15) is 8.42 Å². The van der Waals surface area contributed by atoms with Crippen LogP contribution in [0.15, 0.2) is 29.2 Å². The van der Waals surface area contributed by atoms with Gasteiger partial charge in [0.15, 0.2) is 0 Å². The summed E-state index contributed by atoms with van der Waals surface area (Å²) >= 11 is 0. The molecule has 0 aromatic heterocycles. The molecule has 5 heteroatoms. The molecular weight excluding hydrogens is 260 g/mol. The van der Waals surface area contributed by atoms with E-state index in [1.54, 1.807) is 24.3 Å². The van der Waals surface area contributed by atoms with Crippen LogP contribution >= 0.6 is 0 Å². The van der Waals surface area contributed by atoms with Crippen molar-refractivity contribution in [1.82, 2.24) is 4.72 Å². The van der Waals surface area contributed by atoms with Crippen molar-refractivity contribution >= 4 is 15.7 Å². The average Bonchev–Trinajstić information content (AvgIpc) is 2.70. The van der Waals surface area contributed by atoms with Crippen LogP contribution in [0.1, 0.15) is 26.7 Å². The zero-order valence-electron chi connectivity index (χ0n) is 11.7. The van der Waals surface area contributed by atoms with Gasteiger partial charge >= 0.3 is 0 Å². The smallest absolute Gasteiger partial charge is 0.240 e. The molecule has 1 saturated carbocycles. The summed E-state index contributed by atoms with van der Waals surface area (Å²) in [4.78, 5) is 0.332. The largest absolute Gasteiger partial charge is 0.388 e. The van der Waals surface area contributed by atoms with Gasteiger partial charge in [-0.3, -0.25) is 0 Å². The summed E-state index contributed by atoms with van der Waals surface area (Å²) in [5.41, 5.74) is 0.904. The van der Waals surface area contributed by atoms with Crippen molar-refractivity contribution in [1.29, 1.82) is 0 Å². The maximum Gasteiger partial charge on any atom is 0.240 e. The number of benzene rings is 1. The highest BCUT2D eigenvalue weighted by Gasteiger charge is 2.32. The molecule has 2 rings (SSSR count). The average molecular weight is 282 g/mol. The van der Waals surface area contributed by atoms with Crippen LogP contribution in [0.4, 0.5) is 5.69 Å². The number of anilines is 1. The lowest BCUT2D eigenvalue weighted by atomic mass is 9.98. The molecule has 2 N–H and O–H groups in total. The van der Waals surface area contributed by atoms with Gasteiger partial charge in [-0.05, 0) is 48.9 Å². The first-order chi connectivity index (χ1) is 8.94. The molecule has 19 heavy (non-hydrogen) atoms. The minimum absolute atomic E-state index is 0.0592. The number of hydrogen-bond donors (Lipinski definition) is 2. The van der Waals surface area contributed by atoms with Crippen LogP contribution in [-0.4, -0.2) is 21.5 Å². The number of rotatable bonds is 4. The van der Waals surface area contributed by atoms with Crippen molar-refractivity contribution in [3.05, 3.63) is 24.3 Å². The highest BCUT2D eigenvalue weighted by Crippen LogP contribution is 2.32. The molecule has 0 saturated heterocycles. The standard InChI is InChI=1S/C14H22N2O2S/c1-10-4-9-14(11(10)2)16-19(17,18)13-7-5-12(15-3)6-8-13/h5-8,10-11,14-16H,4,9H2,1-3H3. The van der Waals surface area contributed by atoms with Gasteiger partial charge in [0.25, 0.3) is 0 Å².